The molecule has 0 saturated carbocycles. The zero-order chi connectivity index (χ0) is 21.2. The van der Waals surface area contributed by atoms with Crippen LogP contribution in [0, 0.1) is 12.3 Å². The van der Waals surface area contributed by atoms with Gasteiger partial charge in [-0.15, -0.1) is 12.3 Å². The molecule has 1 heterocycles. The maximum Gasteiger partial charge on any atom is 0.248 e. The fourth-order valence-corrected chi connectivity index (χ4v) is 2.62. The van der Waals surface area contributed by atoms with Gasteiger partial charge in [-0.1, -0.05) is 24.3 Å². The molecule has 1 N–H and O–H groups in total. The van der Waals surface area contributed by atoms with Crippen LogP contribution in [-0.4, -0.2) is 24.8 Å². The van der Waals surface area contributed by atoms with E-state index in [-0.39, 0.29) is 11.6 Å². The number of hydrogen-bond donors (Lipinski definition) is 1. The zero-order valence-electron chi connectivity index (χ0n) is 17.0. The second-order valence-corrected chi connectivity index (χ2v) is 7.06. The quantitative estimate of drug-likeness (QED) is 0.323. The molecule has 0 spiro atoms. The van der Waals surface area contributed by atoms with Gasteiger partial charge < -0.3 is 14.8 Å². The van der Waals surface area contributed by atoms with Crippen LogP contribution in [-0.2, 0) is 4.79 Å². The molecule has 0 atom stereocenters. The molecule has 1 amide bonds. The van der Waals surface area contributed by atoms with Crippen molar-refractivity contribution in [2.75, 3.05) is 18.5 Å². The van der Waals surface area contributed by atoms with E-state index in [2.05, 4.69) is 21.5 Å². The number of carbonyl (C=O) groups excluding carboxylic acids is 1. The van der Waals surface area contributed by atoms with Crippen LogP contribution in [0.4, 0.5) is 5.69 Å². The molecular weight excluding hydrogens is 378 g/mol. The number of anilines is 1. The summed E-state index contributed by atoms with van der Waals surface area (Å²) >= 11 is 0. The third kappa shape index (κ3) is 6.78. The van der Waals surface area contributed by atoms with E-state index in [0.29, 0.717) is 37.5 Å². The highest BCUT2D eigenvalue weighted by Crippen LogP contribution is 2.31. The molecule has 2 aromatic carbocycles. The molecule has 3 rings (SSSR count). The maximum atomic E-state index is 12.3. The first-order valence-corrected chi connectivity index (χ1v) is 9.89. The summed E-state index contributed by atoms with van der Waals surface area (Å²) in [6.45, 7) is 3.02. The topological polar surface area (TPSA) is 72.3 Å². The number of unbranched alkanes of at least 4 members (excludes halogenated alkanes) is 1. The van der Waals surface area contributed by atoms with E-state index in [0.717, 1.165) is 17.7 Å². The number of benzene rings is 2. The lowest BCUT2D eigenvalue weighted by Gasteiger charge is -2.12. The highest BCUT2D eigenvalue weighted by Gasteiger charge is 2.33. The minimum Gasteiger partial charge on any atom is -0.494 e. The van der Waals surface area contributed by atoms with Crippen LogP contribution in [0.1, 0.15) is 31.7 Å². The molecule has 1 aliphatic rings. The lowest BCUT2D eigenvalue weighted by molar-refractivity contribution is -0.111. The predicted octanol–water partition coefficient (Wildman–Crippen LogP) is 5.08. The number of carbonyl (C=O) groups is 1. The molecule has 0 aliphatic carbocycles. The average Bonchev–Trinajstić information content (AvgIpc) is 3.49. The number of amides is 1. The minimum absolute atomic E-state index is 0.236. The van der Waals surface area contributed by atoms with E-state index >= 15 is 0 Å². The largest absolute Gasteiger partial charge is 0.494 e. The van der Waals surface area contributed by atoms with Gasteiger partial charge in [0.2, 0.25) is 5.91 Å². The number of ether oxygens (including phenoxy) is 2. The van der Waals surface area contributed by atoms with E-state index in [1.165, 1.54) is 6.08 Å². The van der Waals surface area contributed by atoms with Crippen LogP contribution in [0.2, 0.25) is 0 Å². The van der Waals surface area contributed by atoms with Crippen LogP contribution < -0.4 is 14.8 Å². The predicted molar refractivity (Wildman–Crippen MR) is 117 cm³/mol. The molecule has 0 aromatic heterocycles. The van der Waals surface area contributed by atoms with Crippen LogP contribution in [0.5, 0.6) is 11.5 Å². The maximum absolute atomic E-state index is 12.3. The van der Waals surface area contributed by atoms with Gasteiger partial charge in [0.15, 0.2) is 5.66 Å². The van der Waals surface area contributed by atoms with Gasteiger partial charge in [0.25, 0.3) is 0 Å². The van der Waals surface area contributed by atoms with Gasteiger partial charge >= 0.3 is 0 Å². The van der Waals surface area contributed by atoms with Crippen molar-refractivity contribution in [2.24, 2.45) is 10.2 Å². The van der Waals surface area contributed by atoms with E-state index < -0.39 is 0 Å². The molecule has 0 saturated heterocycles. The molecule has 2 aromatic rings. The van der Waals surface area contributed by atoms with Crippen molar-refractivity contribution in [1.29, 1.82) is 0 Å². The lowest BCUT2D eigenvalue weighted by atomic mass is 10.2. The Hall–Kier alpha value is -3.59. The number of para-hydroxylation sites is 2. The van der Waals surface area contributed by atoms with Crippen molar-refractivity contribution in [1.82, 2.24) is 0 Å². The van der Waals surface area contributed by atoms with Gasteiger partial charge in [-0.05, 0) is 49.2 Å². The molecule has 0 radical (unpaired) electrons. The third-order valence-electron chi connectivity index (χ3n) is 4.46. The number of terminal acetylenes is 1. The van der Waals surface area contributed by atoms with Crippen molar-refractivity contribution in [3.8, 4) is 23.8 Å². The first-order valence-electron chi connectivity index (χ1n) is 9.89. The van der Waals surface area contributed by atoms with Crippen LogP contribution >= 0.6 is 0 Å². The van der Waals surface area contributed by atoms with Crippen LogP contribution in [0.25, 0.3) is 6.08 Å². The second kappa shape index (κ2) is 10.3. The summed E-state index contributed by atoms with van der Waals surface area (Å²) < 4.78 is 11.4. The van der Waals surface area contributed by atoms with Crippen LogP contribution in [0.15, 0.2) is 64.8 Å². The minimum atomic E-state index is -0.302. The molecule has 6 nitrogen and oxygen atoms in total. The summed E-state index contributed by atoms with van der Waals surface area (Å²) in [5.74, 6) is 3.75. The third-order valence-corrected chi connectivity index (χ3v) is 4.46. The van der Waals surface area contributed by atoms with Gasteiger partial charge in [-0.25, -0.2) is 0 Å². The first kappa shape index (κ1) is 21.1. The van der Waals surface area contributed by atoms with Crippen LogP contribution in [0.3, 0.4) is 0 Å². The summed E-state index contributed by atoms with van der Waals surface area (Å²) in [6.07, 6.45) is 10.7. The smallest absolute Gasteiger partial charge is 0.248 e. The number of rotatable bonds is 11. The molecule has 0 unspecified atom stereocenters. The number of nitrogens with zero attached hydrogens (tertiary/aromatic N) is 2. The van der Waals surface area contributed by atoms with E-state index in [4.69, 9.17) is 15.9 Å². The Morgan fingerprint density at radius 3 is 2.63 bits per heavy atom. The lowest BCUT2D eigenvalue weighted by Crippen LogP contribution is -2.13. The van der Waals surface area contributed by atoms with Crippen molar-refractivity contribution in [3.63, 3.8) is 0 Å². The summed E-state index contributed by atoms with van der Waals surface area (Å²) in [5, 5.41) is 10.8. The fraction of sp³-hybridized carbons (Fsp3) is 0.292. The Bertz CT molecular complexity index is 952. The Kier molecular flexibility index (Phi) is 7.23. The SMILES string of the molecule is C#CCCCOc1ccc(/C=C/C(=O)Nc2ccccc2OCCC2(C)N=N2)cc1. The van der Waals surface area contributed by atoms with Crippen molar-refractivity contribution in [2.45, 2.75) is 31.8 Å². The molecule has 1 aliphatic heterocycles. The number of nitrogens with one attached hydrogen (secondary N) is 1. The van der Waals surface area contributed by atoms with Crippen molar-refractivity contribution in [3.05, 3.63) is 60.2 Å². The molecule has 30 heavy (non-hydrogen) atoms. The Balaban J connectivity index is 1.49. The monoisotopic (exact) mass is 403 g/mol. The van der Waals surface area contributed by atoms with Crippen molar-refractivity contribution < 1.29 is 14.3 Å². The van der Waals surface area contributed by atoms with E-state index in [9.17, 15) is 4.79 Å². The Morgan fingerprint density at radius 1 is 1.13 bits per heavy atom. The molecule has 154 valence electrons. The number of hydrogen-bond acceptors (Lipinski definition) is 5. The second-order valence-electron chi connectivity index (χ2n) is 7.06. The van der Waals surface area contributed by atoms with Gasteiger partial charge in [0, 0.05) is 18.9 Å². The van der Waals surface area contributed by atoms with Crippen molar-refractivity contribution >= 4 is 17.7 Å². The van der Waals surface area contributed by atoms with Gasteiger partial charge in [0.05, 0.1) is 18.9 Å². The molecule has 0 bridgehead atoms. The molecular formula is C24H25N3O3. The van der Waals surface area contributed by atoms with Gasteiger partial charge in [-0.3, -0.25) is 4.79 Å². The Labute approximate surface area is 177 Å². The van der Waals surface area contributed by atoms with E-state index in [1.54, 1.807) is 12.1 Å². The fourth-order valence-electron chi connectivity index (χ4n) is 2.62. The highest BCUT2D eigenvalue weighted by molar-refractivity contribution is 6.02. The first-order chi connectivity index (χ1) is 14.6. The molecule has 6 heteroatoms. The normalized spacial score (nSPS) is 13.6. The van der Waals surface area contributed by atoms with E-state index in [1.807, 2.05) is 49.4 Å². The average molecular weight is 403 g/mol. The van der Waals surface area contributed by atoms with Gasteiger partial charge in [0.1, 0.15) is 11.5 Å². The van der Waals surface area contributed by atoms with Gasteiger partial charge in [-0.2, -0.15) is 10.2 Å². The molecule has 0 fully saturated rings. The highest BCUT2D eigenvalue weighted by atomic mass is 16.5. The zero-order valence-corrected chi connectivity index (χ0v) is 17.0. The summed E-state index contributed by atoms with van der Waals surface area (Å²) in [4.78, 5) is 12.3. The summed E-state index contributed by atoms with van der Waals surface area (Å²) in [6, 6.07) is 14.9. The Morgan fingerprint density at radius 2 is 1.90 bits per heavy atom. The summed E-state index contributed by atoms with van der Waals surface area (Å²) in [5.41, 5.74) is 1.22. The standard InChI is InChI=1S/C24H25N3O3/c1-3-4-7-17-29-20-13-10-19(11-14-20)12-15-23(28)25-21-8-5-6-9-22(21)30-18-16-24(2)26-27-24/h1,5-6,8-15H,4,7,16-18H2,2H3,(H,25,28)/b15-12+. The summed E-state index contributed by atoms with van der Waals surface area (Å²) in [7, 11) is 0.